The third kappa shape index (κ3) is 7.58. The number of ether oxygens (including phenoxy) is 1. The van der Waals surface area contributed by atoms with Crippen molar-refractivity contribution in [1.82, 2.24) is 0 Å². The fourth-order valence-electron chi connectivity index (χ4n) is 5.34. The van der Waals surface area contributed by atoms with Gasteiger partial charge in [-0.1, -0.05) is 128 Å². The number of nitrogens with zero attached hydrogens (tertiary/aromatic N) is 1. The van der Waals surface area contributed by atoms with Crippen LogP contribution in [0.15, 0.2) is 134 Å². The largest absolute Gasteiger partial charge is 0.462 e. The van der Waals surface area contributed by atoms with E-state index in [9.17, 15) is 4.79 Å². The molecule has 0 atom stereocenters. The molecule has 0 fully saturated rings. The molecule has 4 aromatic carbocycles. The first kappa shape index (κ1) is 29.7. The monoisotopic (exact) mass is 519 g/mol. The highest BCUT2D eigenvalue weighted by Gasteiger charge is 2.31. The summed E-state index contributed by atoms with van der Waals surface area (Å²) < 4.78 is 5.94. The van der Waals surface area contributed by atoms with Gasteiger partial charge >= 0.3 is 5.97 Å². The van der Waals surface area contributed by atoms with Gasteiger partial charge in [-0.2, -0.15) is 21.9 Å². The van der Waals surface area contributed by atoms with Crippen molar-refractivity contribution in [3.8, 4) is 0 Å². The Labute approximate surface area is 235 Å². The molecular weight excluding hydrogens is 477 g/mol. The summed E-state index contributed by atoms with van der Waals surface area (Å²) in [5.41, 5.74) is 5.36. The van der Waals surface area contributed by atoms with Crippen LogP contribution >= 0.6 is 0 Å². The Kier molecular flexibility index (Phi) is 11.3. The lowest BCUT2D eigenvalue weighted by molar-refractivity contribution is -0.906. The molecule has 0 aliphatic rings. The van der Waals surface area contributed by atoms with Crippen molar-refractivity contribution >= 4 is 34.0 Å². The predicted molar refractivity (Wildman–Crippen MR) is 168 cm³/mol. The molecule has 0 unspecified atom stereocenters. The molecular formula is C35H42BNO2. The fourth-order valence-corrected chi connectivity index (χ4v) is 5.34. The highest BCUT2D eigenvalue weighted by atomic mass is 16.5. The average Bonchev–Trinajstić information content (AvgIpc) is 3.02. The van der Waals surface area contributed by atoms with Gasteiger partial charge in [0.05, 0.1) is 33.3 Å². The van der Waals surface area contributed by atoms with Crippen molar-refractivity contribution in [2.75, 3.05) is 33.3 Å². The Morgan fingerprint density at radius 2 is 1.03 bits per heavy atom. The summed E-state index contributed by atoms with van der Waals surface area (Å²) in [7, 11) is 2.22. The van der Waals surface area contributed by atoms with Crippen molar-refractivity contribution in [3.63, 3.8) is 0 Å². The molecule has 3 nitrogen and oxygen atoms in total. The van der Waals surface area contributed by atoms with E-state index in [0.717, 1.165) is 30.5 Å². The van der Waals surface area contributed by atoms with Gasteiger partial charge in [0.2, 0.25) is 0 Å². The van der Waals surface area contributed by atoms with Gasteiger partial charge in [0.1, 0.15) is 6.15 Å². The van der Waals surface area contributed by atoms with Gasteiger partial charge in [-0.05, 0) is 13.8 Å². The van der Waals surface area contributed by atoms with Crippen LogP contribution in [0.1, 0.15) is 20.3 Å². The maximum absolute atomic E-state index is 10.7. The molecule has 0 saturated carbocycles. The Morgan fingerprint density at radius 3 is 1.31 bits per heavy atom. The Bertz CT molecular complexity index is 1090. The van der Waals surface area contributed by atoms with Gasteiger partial charge in [0.15, 0.2) is 0 Å². The smallest absolute Gasteiger partial charge is 0.330 e. The summed E-state index contributed by atoms with van der Waals surface area (Å²) in [4.78, 5) is 10.7. The van der Waals surface area contributed by atoms with Crippen LogP contribution in [0.3, 0.4) is 0 Å². The number of rotatable bonds is 11. The van der Waals surface area contributed by atoms with Crippen molar-refractivity contribution in [3.05, 3.63) is 134 Å². The molecule has 0 spiro atoms. The molecule has 4 aromatic rings. The number of carbonyl (C=O) groups excluding carboxylic acids is 1. The standard InChI is InChI=1S/C24H20B.C11H22NO2/c1-5-13-21(14-6-1)25(22-15-7-2-8-16-22,23-17-9-3-10-18-23)24-19-11-4-12-20-24;1-5-11(13)14-10-8-9-12(4,6-2)7-3/h1-20H;5H,1,6-10H2,2-4H3/q-1;+1. The van der Waals surface area contributed by atoms with E-state index in [4.69, 9.17) is 4.74 Å². The van der Waals surface area contributed by atoms with Crippen LogP contribution in [0.25, 0.3) is 0 Å². The molecule has 202 valence electrons. The van der Waals surface area contributed by atoms with Gasteiger partial charge in [0.25, 0.3) is 0 Å². The number of quaternary nitrogens is 1. The van der Waals surface area contributed by atoms with Gasteiger partial charge in [-0.15, -0.1) is 0 Å². The maximum atomic E-state index is 10.7. The Hall–Kier alpha value is -3.89. The first-order valence-corrected chi connectivity index (χ1v) is 14.0. The lowest BCUT2D eigenvalue weighted by Gasteiger charge is -2.44. The topological polar surface area (TPSA) is 26.3 Å². The first-order chi connectivity index (χ1) is 19.0. The number of esters is 1. The van der Waals surface area contributed by atoms with Crippen LogP contribution < -0.4 is 21.9 Å². The second kappa shape index (κ2) is 14.9. The van der Waals surface area contributed by atoms with Crippen LogP contribution in [-0.2, 0) is 9.53 Å². The third-order valence-electron chi connectivity index (χ3n) is 7.98. The van der Waals surface area contributed by atoms with Crippen molar-refractivity contribution < 1.29 is 14.0 Å². The quantitative estimate of drug-likeness (QED) is 0.0948. The molecule has 4 rings (SSSR count). The van der Waals surface area contributed by atoms with Crippen LogP contribution in [0.4, 0.5) is 0 Å². The fraction of sp³-hybridized carbons (Fsp3) is 0.229. The highest BCUT2D eigenvalue weighted by Crippen LogP contribution is 2.09. The molecule has 0 aliphatic carbocycles. The molecule has 39 heavy (non-hydrogen) atoms. The second-order valence-electron chi connectivity index (χ2n) is 10.2. The number of hydrogen-bond acceptors (Lipinski definition) is 2. The summed E-state index contributed by atoms with van der Waals surface area (Å²) in [5, 5.41) is 0. The molecule has 4 heteroatoms. The van der Waals surface area contributed by atoms with Gasteiger partial charge in [0, 0.05) is 12.5 Å². The van der Waals surface area contributed by atoms with Crippen LogP contribution in [0, 0.1) is 0 Å². The van der Waals surface area contributed by atoms with Crippen LogP contribution in [0.5, 0.6) is 0 Å². The van der Waals surface area contributed by atoms with Crippen molar-refractivity contribution in [2.24, 2.45) is 0 Å². The van der Waals surface area contributed by atoms with E-state index in [2.05, 4.69) is 149 Å². The van der Waals surface area contributed by atoms with Gasteiger partial charge in [-0.25, -0.2) is 4.79 Å². The lowest BCUT2D eigenvalue weighted by Crippen LogP contribution is -2.74. The first-order valence-electron chi connectivity index (χ1n) is 14.0. The Balaban J connectivity index is 0.000000258. The second-order valence-corrected chi connectivity index (χ2v) is 10.2. The normalized spacial score (nSPS) is 11.2. The molecule has 0 radical (unpaired) electrons. The summed E-state index contributed by atoms with van der Waals surface area (Å²) in [5.74, 6) is -0.327. The number of hydrogen-bond donors (Lipinski definition) is 0. The van der Waals surface area contributed by atoms with Crippen molar-refractivity contribution in [1.29, 1.82) is 0 Å². The SMILES string of the molecule is C=CC(=O)OCCC[N+](C)(CC)CC.c1ccc([B-](c2ccccc2)(c2ccccc2)c2ccccc2)cc1. The molecule has 0 amide bonds. The predicted octanol–water partition coefficient (Wildman–Crippen LogP) is 4.66. The molecule has 0 aromatic heterocycles. The van der Waals surface area contributed by atoms with Crippen LogP contribution in [0.2, 0.25) is 0 Å². The number of carbonyl (C=O) groups is 1. The van der Waals surface area contributed by atoms with E-state index < -0.39 is 6.15 Å². The van der Waals surface area contributed by atoms with Crippen molar-refractivity contribution in [2.45, 2.75) is 20.3 Å². The van der Waals surface area contributed by atoms with E-state index in [1.165, 1.54) is 27.9 Å². The van der Waals surface area contributed by atoms with E-state index in [0.29, 0.717) is 6.61 Å². The molecule has 0 saturated heterocycles. The molecule has 0 N–H and O–H groups in total. The van der Waals surface area contributed by atoms with Gasteiger partial charge < -0.3 is 9.22 Å². The average molecular weight is 520 g/mol. The van der Waals surface area contributed by atoms with E-state index in [-0.39, 0.29) is 5.97 Å². The minimum atomic E-state index is -1.22. The number of benzene rings is 4. The zero-order valence-corrected chi connectivity index (χ0v) is 23.7. The highest BCUT2D eigenvalue weighted by molar-refractivity contribution is 7.19. The lowest BCUT2D eigenvalue weighted by atomic mass is 9.13. The van der Waals surface area contributed by atoms with E-state index >= 15 is 0 Å². The summed E-state index contributed by atoms with van der Waals surface area (Å²) in [6.07, 6.45) is 0.901. The summed E-state index contributed by atoms with van der Waals surface area (Å²) in [6, 6.07) is 43.5. The van der Waals surface area contributed by atoms with Crippen LogP contribution in [-0.4, -0.2) is 49.9 Å². The molecule has 0 bridgehead atoms. The zero-order valence-electron chi connectivity index (χ0n) is 23.7. The Morgan fingerprint density at radius 1 is 0.692 bits per heavy atom. The van der Waals surface area contributed by atoms with E-state index in [1.54, 1.807) is 0 Å². The summed E-state index contributed by atoms with van der Waals surface area (Å²) >= 11 is 0. The minimum Gasteiger partial charge on any atom is -0.462 e. The minimum absolute atomic E-state index is 0.327. The van der Waals surface area contributed by atoms with E-state index in [1.807, 2.05) is 0 Å². The molecule has 0 aliphatic heterocycles. The molecule has 0 heterocycles. The third-order valence-corrected chi connectivity index (χ3v) is 7.98. The maximum Gasteiger partial charge on any atom is 0.330 e. The zero-order chi connectivity index (χ0) is 28.0. The van der Waals surface area contributed by atoms with Gasteiger partial charge in [-0.3, -0.25) is 0 Å². The summed E-state index contributed by atoms with van der Waals surface area (Å²) in [6.45, 7) is 11.5.